The van der Waals surface area contributed by atoms with Crippen molar-refractivity contribution >= 4 is 5.97 Å². The minimum Gasteiger partial charge on any atom is -0.427 e. The molecule has 2 bridgehead atoms. The molecule has 2 saturated carbocycles. The summed E-state index contributed by atoms with van der Waals surface area (Å²) < 4.78 is 11.2. The molecule has 1 aromatic carbocycles. The molecule has 0 radical (unpaired) electrons. The summed E-state index contributed by atoms with van der Waals surface area (Å²) in [4.78, 5) is 12.2. The van der Waals surface area contributed by atoms with Crippen molar-refractivity contribution in [3.05, 3.63) is 29.8 Å². The van der Waals surface area contributed by atoms with Crippen LogP contribution in [0.3, 0.4) is 0 Å². The Bertz CT molecular complexity index is 565. The maximum atomic E-state index is 12.2. The average Bonchev–Trinajstić information content (AvgIpc) is 3.14. The first-order chi connectivity index (χ1) is 10.7. The van der Waals surface area contributed by atoms with Gasteiger partial charge in [-0.25, -0.2) is 0 Å². The largest absolute Gasteiger partial charge is 0.427 e. The van der Waals surface area contributed by atoms with Gasteiger partial charge in [-0.05, 0) is 60.6 Å². The van der Waals surface area contributed by atoms with Gasteiger partial charge < -0.3 is 9.47 Å². The Balaban J connectivity index is 1.32. The van der Waals surface area contributed by atoms with Crippen LogP contribution in [0.1, 0.15) is 51.0 Å². The van der Waals surface area contributed by atoms with Crippen LogP contribution in [0, 0.1) is 17.8 Å². The van der Waals surface area contributed by atoms with Crippen LogP contribution in [0.5, 0.6) is 5.75 Å². The lowest BCUT2D eigenvalue weighted by atomic mass is 9.86. The fourth-order valence-corrected chi connectivity index (χ4v) is 4.45. The molecule has 0 spiro atoms. The van der Waals surface area contributed by atoms with E-state index in [2.05, 4.69) is 26.0 Å². The molecule has 3 nitrogen and oxygen atoms in total. The summed E-state index contributed by atoms with van der Waals surface area (Å²) >= 11 is 0. The van der Waals surface area contributed by atoms with Crippen LogP contribution >= 0.6 is 0 Å². The van der Waals surface area contributed by atoms with E-state index in [0.717, 1.165) is 12.8 Å². The zero-order valence-corrected chi connectivity index (χ0v) is 13.3. The Hall–Kier alpha value is -1.35. The van der Waals surface area contributed by atoms with E-state index in [1.807, 2.05) is 12.1 Å². The first kappa shape index (κ1) is 14.3. The summed E-state index contributed by atoms with van der Waals surface area (Å²) in [5, 5.41) is 0. The first-order valence-corrected chi connectivity index (χ1v) is 8.61. The summed E-state index contributed by atoms with van der Waals surface area (Å²) in [6, 6.07) is 7.97. The molecule has 2 aliphatic carbocycles. The third kappa shape index (κ3) is 2.45. The van der Waals surface area contributed by atoms with E-state index in [9.17, 15) is 4.79 Å². The van der Waals surface area contributed by atoms with Gasteiger partial charge in [-0.15, -0.1) is 0 Å². The van der Waals surface area contributed by atoms with Gasteiger partial charge in [-0.2, -0.15) is 0 Å². The van der Waals surface area contributed by atoms with E-state index in [0.29, 0.717) is 48.0 Å². The first-order valence-electron chi connectivity index (χ1n) is 8.61. The number of benzene rings is 1. The van der Waals surface area contributed by atoms with Crippen LogP contribution < -0.4 is 4.74 Å². The summed E-state index contributed by atoms with van der Waals surface area (Å²) in [5.74, 6) is 2.91. The zero-order valence-electron chi connectivity index (χ0n) is 13.3. The van der Waals surface area contributed by atoms with E-state index in [1.54, 1.807) is 0 Å². The molecule has 3 aliphatic rings. The predicted octanol–water partition coefficient (Wildman–Crippen LogP) is 3.92. The second-order valence-electron chi connectivity index (χ2n) is 7.28. The number of ether oxygens (including phenoxy) is 2. The van der Waals surface area contributed by atoms with Gasteiger partial charge in [0.25, 0.3) is 0 Å². The Morgan fingerprint density at radius 1 is 1.27 bits per heavy atom. The van der Waals surface area contributed by atoms with Crippen molar-refractivity contribution in [3.8, 4) is 5.75 Å². The highest BCUT2D eigenvalue weighted by atomic mass is 16.6. The lowest BCUT2D eigenvalue weighted by Crippen LogP contribution is -2.22. The highest BCUT2D eigenvalue weighted by Gasteiger charge is 2.63. The molecule has 118 valence electrons. The summed E-state index contributed by atoms with van der Waals surface area (Å²) in [6.45, 7) is 4.39. The fraction of sp³-hybridized carbons (Fsp3) is 0.632. The Morgan fingerprint density at radius 3 is 2.68 bits per heavy atom. The van der Waals surface area contributed by atoms with Crippen LogP contribution in [0.2, 0.25) is 0 Å². The van der Waals surface area contributed by atoms with Gasteiger partial charge in [-0.1, -0.05) is 26.0 Å². The van der Waals surface area contributed by atoms with Crippen molar-refractivity contribution < 1.29 is 14.3 Å². The highest BCUT2D eigenvalue weighted by Crippen LogP contribution is 2.59. The molecule has 1 aromatic rings. The number of hydrogen-bond acceptors (Lipinski definition) is 3. The molecule has 0 amide bonds. The molecule has 6 unspecified atom stereocenters. The van der Waals surface area contributed by atoms with Crippen molar-refractivity contribution in [2.45, 2.75) is 57.7 Å². The SMILES string of the molecule is CCC(C)c1ccc(OC(=O)CC2CC3CC2C2OC32)cc1. The molecule has 1 aliphatic heterocycles. The fourth-order valence-electron chi connectivity index (χ4n) is 4.45. The lowest BCUT2D eigenvalue weighted by Gasteiger charge is -2.18. The molecule has 1 heterocycles. The highest BCUT2D eigenvalue weighted by molar-refractivity contribution is 5.72. The van der Waals surface area contributed by atoms with Crippen molar-refractivity contribution in [3.63, 3.8) is 0 Å². The van der Waals surface area contributed by atoms with Crippen molar-refractivity contribution in [2.75, 3.05) is 0 Å². The number of rotatable bonds is 5. The minimum absolute atomic E-state index is 0.0916. The minimum atomic E-state index is -0.0916. The van der Waals surface area contributed by atoms with Crippen molar-refractivity contribution in [2.24, 2.45) is 17.8 Å². The van der Waals surface area contributed by atoms with Gasteiger partial charge in [0, 0.05) is 6.42 Å². The normalized spacial score (nSPS) is 36.0. The van der Waals surface area contributed by atoms with Gasteiger partial charge in [0.15, 0.2) is 0 Å². The Labute approximate surface area is 132 Å². The maximum absolute atomic E-state index is 12.2. The molecule has 6 atom stereocenters. The number of esters is 1. The van der Waals surface area contributed by atoms with Crippen LogP contribution in [0.4, 0.5) is 0 Å². The van der Waals surface area contributed by atoms with E-state index in [1.165, 1.54) is 12.0 Å². The van der Waals surface area contributed by atoms with Crippen molar-refractivity contribution in [1.29, 1.82) is 0 Å². The smallest absolute Gasteiger partial charge is 0.311 e. The molecule has 0 N–H and O–H groups in total. The quantitative estimate of drug-likeness (QED) is 0.470. The third-order valence-electron chi connectivity index (χ3n) is 5.96. The van der Waals surface area contributed by atoms with Gasteiger partial charge >= 0.3 is 5.97 Å². The molecular formula is C19H24O3. The van der Waals surface area contributed by atoms with Crippen LogP contribution in [-0.2, 0) is 9.53 Å². The number of epoxide rings is 1. The number of carbonyl (C=O) groups is 1. The molecule has 3 fully saturated rings. The molecule has 22 heavy (non-hydrogen) atoms. The molecular weight excluding hydrogens is 276 g/mol. The topological polar surface area (TPSA) is 38.8 Å². The molecule has 4 rings (SSSR count). The van der Waals surface area contributed by atoms with Crippen LogP contribution in [-0.4, -0.2) is 18.2 Å². The number of hydrogen-bond donors (Lipinski definition) is 0. The zero-order chi connectivity index (χ0) is 15.3. The number of carbonyl (C=O) groups excluding carboxylic acids is 1. The van der Waals surface area contributed by atoms with Gasteiger partial charge in [0.05, 0.1) is 12.2 Å². The molecule has 0 aromatic heterocycles. The molecule has 3 heteroatoms. The third-order valence-corrected chi connectivity index (χ3v) is 5.96. The molecule has 1 saturated heterocycles. The van der Waals surface area contributed by atoms with E-state index < -0.39 is 0 Å². The van der Waals surface area contributed by atoms with Gasteiger partial charge in [-0.3, -0.25) is 4.79 Å². The van der Waals surface area contributed by atoms with E-state index >= 15 is 0 Å². The second-order valence-corrected chi connectivity index (χ2v) is 7.28. The Kier molecular flexibility index (Phi) is 3.48. The van der Waals surface area contributed by atoms with Crippen LogP contribution in [0.25, 0.3) is 0 Å². The van der Waals surface area contributed by atoms with Crippen molar-refractivity contribution in [1.82, 2.24) is 0 Å². The lowest BCUT2D eigenvalue weighted by molar-refractivity contribution is -0.135. The second kappa shape index (κ2) is 5.38. The summed E-state index contributed by atoms with van der Waals surface area (Å²) in [6.07, 6.45) is 5.07. The van der Waals surface area contributed by atoms with Crippen LogP contribution in [0.15, 0.2) is 24.3 Å². The van der Waals surface area contributed by atoms with E-state index in [-0.39, 0.29) is 5.97 Å². The maximum Gasteiger partial charge on any atom is 0.311 e. The predicted molar refractivity (Wildman–Crippen MR) is 83.8 cm³/mol. The monoisotopic (exact) mass is 300 g/mol. The number of fused-ring (bicyclic) bond motifs is 5. The summed E-state index contributed by atoms with van der Waals surface area (Å²) in [7, 11) is 0. The Morgan fingerprint density at radius 2 is 2.05 bits per heavy atom. The van der Waals surface area contributed by atoms with Gasteiger partial charge in [0.2, 0.25) is 0 Å². The van der Waals surface area contributed by atoms with Gasteiger partial charge in [0.1, 0.15) is 5.75 Å². The summed E-state index contributed by atoms with van der Waals surface area (Å²) in [5.41, 5.74) is 1.30. The standard InChI is InChI=1S/C19H24O3/c1-3-11(2)12-4-6-15(7-5-12)21-17(20)10-13-8-14-9-16(13)19-18(14)22-19/h4-7,11,13-14,16,18-19H,3,8-10H2,1-2H3. The average molecular weight is 300 g/mol. The van der Waals surface area contributed by atoms with E-state index in [4.69, 9.17) is 9.47 Å².